The van der Waals surface area contributed by atoms with Crippen molar-refractivity contribution < 1.29 is 19.2 Å². The summed E-state index contributed by atoms with van der Waals surface area (Å²) in [5, 5.41) is 6.79. The van der Waals surface area contributed by atoms with Crippen molar-refractivity contribution in [3.63, 3.8) is 0 Å². The number of aromatic nitrogens is 2. The van der Waals surface area contributed by atoms with E-state index in [4.69, 9.17) is 0 Å². The first-order valence-electron chi connectivity index (χ1n) is 7.14. The topological polar surface area (TPSA) is 105 Å². The van der Waals surface area contributed by atoms with Gasteiger partial charge in [-0.1, -0.05) is 0 Å². The zero-order chi connectivity index (χ0) is 17.5. The van der Waals surface area contributed by atoms with Gasteiger partial charge in [-0.3, -0.25) is 24.0 Å². The largest absolute Gasteiger partial charge is 0.334 e. The molecule has 2 heterocycles. The fourth-order valence-electron chi connectivity index (χ4n) is 2.39. The summed E-state index contributed by atoms with van der Waals surface area (Å²) in [6, 6.07) is -1.22. The average Bonchev–Trinajstić information content (AvgIpc) is 2.81. The van der Waals surface area contributed by atoms with Crippen LogP contribution in [0.5, 0.6) is 0 Å². The van der Waals surface area contributed by atoms with Gasteiger partial charge < -0.3 is 5.32 Å². The Balaban J connectivity index is 2.13. The van der Waals surface area contributed by atoms with E-state index in [0.717, 1.165) is 10.6 Å². The highest BCUT2D eigenvalue weighted by Gasteiger charge is 2.46. The molecular weight excluding hydrogens is 302 g/mol. The third-order valence-electron chi connectivity index (χ3n) is 3.68. The van der Waals surface area contributed by atoms with Crippen LogP contribution in [0.1, 0.15) is 25.2 Å². The summed E-state index contributed by atoms with van der Waals surface area (Å²) in [6.07, 6.45) is 0. The SMILES string of the molecule is Cc1nn(C)c(C)c1NC(=O)CN1C(=O)C(=O)N(C(C)C)C1=O. The number of rotatable bonds is 4. The molecule has 0 atom stereocenters. The maximum atomic E-state index is 12.1. The van der Waals surface area contributed by atoms with Crippen LogP contribution in [-0.2, 0) is 21.4 Å². The summed E-state index contributed by atoms with van der Waals surface area (Å²) in [5.74, 6) is -2.46. The zero-order valence-electron chi connectivity index (χ0n) is 13.7. The number of nitrogens with one attached hydrogen (secondary N) is 1. The number of imide groups is 2. The smallest absolute Gasteiger partial charge is 0.321 e. The van der Waals surface area contributed by atoms with Crippen molar-refractivity contribution in [2.24, 2.45) is 7.05 Å². The Bertz CT molecular complexity index is 706. The highest BCUT2D eigenvalue weighted by atomic mass is 16.2. The van der Waals surface area contributed by atoms with Crippen molar-refractivity contribution in [3.8, 4) is 0 Å². The molecule has 0 aliphatic carbocycles. The first-order chi connectivity index (χ1) is 10.6. The van der Waals surface area contributed by atoms with Crippen molar-refractivity contribution >= 4 is 29.4 Å². The van der Waals surface area contributed by atoms with Gasteiger partial charge in [-0.05, 0) is 27.7 Å². The van der Waals surface area contributed by atoms with Crippen molar-refractivity contribution in [1.29, 1.82) is 0 Å². The van der Waals surface area contributed by atoms with Gasteiger partial charge in [0.05, 0.1) is 17.1 Å². The van der Waals surface area contributed by atoms with Gasteiger partial charge in [-0.15, -0.1) is 0 Å². The average molecular weight is 321 g/mol. The summed E-state index contributed by atoms with van der Waals surface area (Å²) < 4.78 is 1.61. The van der Waals surface area contributed by atoms with Crippen LogP contribution >= 0.6 is 0 Å². The van der Waals surface area contributed by atoms with E-state index < -0.39 is 36.3 Å². The lowest BCUT2D eigenvalue weighted by Gasteiger charge is -2.18. The Hall–Kier alpha value is -2.71. The Kier molecular flexibility index (Phi) is 4.22. The predicted molar refractivity (Wildman–Crippen MR) is 80.4 cm³/mol. The maximum absolute atomic E-state index is 12.1. The van der Waals surface area contributed by atoms with E-state index in [1.807, 2.05) is 0 Å². The van der Waals surface area contributed by atoms with Gasteiger partial charge in [-0.25, -0.2) is 9.69 Å². The molecule has 1 aliphatic rings. The lowest BCUT2D eigenvalue weighted by Crippen LogP contribution is -2.40. The van der Waals surface area contributed by atoms with Crippen LogP contribution in [0.3, 0.4) is 0 Å². The normalized spacial score (nSPS) is 15.1. The quantitative estimate of drug-likeness (QED) is 0.629. The Morgan fingerprint density at radius 2 is 1.78 bits per heavy atom. The van der Waals surface area contributed by atoms with Crippen LogP contribution in [-0.4, -0.2) is 55.9 Å². The van der Waals surface area contributed by atoms with Crippen LogP contribution < -0.4 is 5.32 Å². The molecule has 9 heteroatoms. The van der Waals surface area contributed by atoms with Crippen molar-refractivity contribution in [2.75, 3.05) is 11.9 Å². The lowest BCUT2D eigenvalue weighted by molar-refractivity contribution is -0.144. The zero-order valence-corrected chi connectivity index (χ0v) is 13.7. The fourth-order valence-corrected chi connectivity index (χ4v) is 2.39. The first-order valence-corrected chi connectivity index (χ1v) is 7.14. The molecule has 2 rings (SSSR count). The number of amides is 5. The molecule has 0 bridgehead atoms. The fraction of sp³-hybridized carbons (Fsp3) is 0.500. The Labute approximate surface area is 133 Å². The van der Waals surface area contributed by atoms with Gasteiger partial charge in [-0.2, -0.15) is 5.10 Å². The minimum Gasteiger partial charge on any atom is -0.321 e. The maximum Gasteiger partial charge on any atom is 0.334 e. The van der Waals surface area contributed by atoms with Gasteiger partial charge in [0.25, 0.3) is 0 Å². The van der Waals surface area contributed by atoms with Gasteiger partial charge in [0.1, 0.15) is 6.54 Å². The second-order valence-electron chi connectivity index (χ2n) is 5.66. The molecule has 0 unspecified atom stereocenters. The minimum atomic E-state index is -0.988. The summed E-state index contributed by atoms with van der Waals surface area (Å²) in [4.78, 5) is 49.4. The van der Waals surface area contributed by atoms with E-state index in [-0.39, 0.29) is 0 Å². The summed E-state index contributed by atoms with van der Waals surface area (Å²) in [6.45, 7) is 6.25. The molecule has 1 N–H and O–H groups in total. The monoisotopic (exact) mass is 321 g/mol. The number of hydrogen-bond acceptors (Lipinski definition) is 5. The van der Waals surface area contributed by atoms with Crippen LogP contribution in [0, 0.1) is 13.8 Å². The summed E-state index contributed by atoms with van der Waals surface area (Å²) in [7, 11) is 1.74. The van der Waals surface area contributed by atoms with Crippen molar-refractivity contribution in [2.45, 2.75) is 33.7 Å². The van der Waals surface area contributed by atoms with E-state index in [9.17, 15) is 19.2 Å². The molecular formula is C14H19N5O4. The van der Waals surface area contributed by atoms with E-state index >= 15 is 0 Å². The Morgan fingerprint density at radius 1 is 1.17 bits per heavy atom. The Morgan fingerprint density at radius 3 is 2.22 bits per heavy atom. The van der Waals surface area contributed by atoms with Crippen molar-refractivity contribution in [3.05, 3.63) is 11.4 Å². The van der Waals surface area contributed by atoms with E-state index in [2.05, 4.69) is 10.4 Å². The molecule has 9 nitrogen and oxygen atoms in total. The van der Waals surface area contributed by atoms with Gasteiger partial charge >= 0.3 is 17.8 Å². The minimum absolute atomic E-state index is 0.449. The number of carbonyl (C=O) groups is 4. The third kappa shape index (κ3) is 2.81. The molecule has 23 heavy (non-hydrogen) atoms. The van der Waals surface area contributed by atoms with Crippen LogP contribution in [0.15, 0.2) is 0 Å². The highest BCUT2D eigenvalue weighted by Crippen LogP contribution is 2.19. The molecule has 1 fully saturated rings. The second kappa shape index (κ2) is 5.82. The van der Waals surface area contributed by atoms with Gasteiger partial charge in [0.15, 0.2) is 0 Å². The first kappa shape index (κ1) is 16.7. The number of anilines is 1. The molecule has 0 spiro atoms. The molecule has 1 aromatic rings. The van der Waals surface area contributed by atoms with Crippen molar-refractivity contribution in [1.82, 2.24) is 19.6 Å². The molecule has 124 valence electrons. The molecule has 1 aliphatic heterocycles. The number of nitrogens with zero attached hydrogens (tertiary/aromatic N) is 4. The molecule has 0 saturated carbocycles. The summed E-state index contributed by atoms with van der Waals surface area (Å²) >= 11 is 0. The highest BCUT2D eigenvalue weighted by molar-refractivity contribution is 6.45. The number of hydrogen-bond donors (Lipinski definition) is 1. The standard InChI is InChI=1S/C14H19N5O4/c1-7(2)19-13(22)12(21)18(14(19)23)6-10(20)15-11-8(3)16-17(5)9(11)4/h7H,6H2,1-5H3,(H,15,20). The number of carbonyl (C=O) groups excluding carboxylic acids is 4. The van der Waals surface area contributed by atoms with Crippen LogP contribution in [0.4, 0.5) is 10.5 Å². The molecule has 5 amide bonds. The molecule has 1 aromatic heterocycles. The third-order valence-corrected chi connectivity index (χ3v) is 3.68. The predicted octanol–water partition coefficient (Wildman–Crippen LogP) is 0.175. The summed E-state index contributed by atoms with van der Waals surface area (Å²) in [5.41, 5.74) is 1.90. The molecule has 0 aromatic carbocycles. The lowest BCUT2D eigenvalue weighted by atomic mass is 10.3. The second-order valence-corrected chi connectivity index (χ2v) is 5.66. The molecule has 0 radical (unpaired) electrons. The van der Waals surface area contributed by atoms with Gasteiger partial charge in [0.2, 0.25) is 5.91 Å². The molecule has 1 saturated heterocycles. The van der Waals surface area contributed by atoms with E-state index in [1.165, 1.54) is 0 Å². The van der Waals surface area contributed by atoms with E-state index in [1.54, 1.807) is 39.4 Å². The number of aryl methyl sites for hydroxylation is 2. The van der Waals surface area contributed by atoms with Crippen LogP contribution in [0.25, 0.3) is 0 Å². The van der Waals surface area contributed by atoms with Gasteiger partial charge in [0, 0.05) is 13.1 Å². The van der Waals surface area contributed by atoms with E-state index in [0.29, 0.717) is 16.3 Å². The number of urea groups is 1. The van der Waals surface area contributed by atoms with Crippen LogP contribution in [0.2, 0.25) is 0 Å².